The third-order valence-electron chi connectivity index (χ3n) is 10.6. The van der Waals surface area contributed by atoms with Crippen LogP contribution in [0.5, 0.6) is 0 Å². The maximum Gasteiger partial charge on any atom is 0.321 e. The maximum absolute atomic E-state index is 13.8. The van der Waals surface area contributed by atoms with E-state index in [2.05, 4.69) is 58.7 Å². The number of carbonyl (C=O) groups is 1. The van der Waals surface area contributed by atoms with Crippen molar-refractivity contribution < 1.29 is 18.7 Å². The van der Waals surface area contributed by atoms with Crippen LogP contribution in [0.1, 0.15) is 91.8 Å². The first-order chi connectivity index (χ1) is 21.8. The molecule has 242 valence electrons. The molecule has 1 aromatic heterocycles. The average molecular weight is 619 g/mol. The van der Waals surface area contributed by atoms with Gasteiger partial charge in [0, 0.05) is 56.2 Å². The number of aliphatic carboxylic acids is 1. The molecule has 0 bridgehead atoms. The number of carboxylic acids is 1. The Morgan fingerprint density at radius 2 is 1.71 bits per heavy atom. The highest BCUT2D eigenvalue weighted by Gasteiger charge is 2.43. The molecular formula is C37H48F2N4O2. The van der Waals surface area contributed by atoms with Crippen LogP contribution < -0.4 is 0 Å². The molecule has 1 N–H and O–H groups in total. The summed E-state index contributed by atoms with van der Waals surface area (Å²) in [6.07, 6.45) is 8.03. The van der Waals surface area contributed by atoms with Crippen LogP contribution in [-0.4, -0.2) is 69.4 Å². The highest BCUT2D eigenvalue weighted by atomic mass is 19.1. The Labute approximate surface area is 266 Å². The number of hydrogen-bond donors (Lipinski definition) is 1. The van der Waals surface area contributed by atoms with Crippen LogP contribution in [0.15, 0.2) is 48.5 Å². The van der Waals surface area contributed by atoms with E-state index in [-0.39, 0.29) is 12.0 Å². The quantitative estimate of drug-likeness (QED) is 0.265. The van der Waals surface area contributed by atoms with Gasteiger partial charge in [0.15, 0.2) is 0 Å². The summed E-state index contributed by atoms with van der Waals surface area (Å²) in [6.45, 7) is 9.59. The number of aryl methyl sites for hydroxylation is 2. The van der Waals surface area contributed by atoms with E-state index in [1.807, 2.05) is 0 Å². The minimum Gasteiger partial charge on any atom is -0.480 e. The van der Waals surface area contributed by atoms with Gasteiger partial charge in [0.05, 0.1) is 5.69 Å². The average Bonchev–Trinajstić information content (AvgIpc) is 3.61. The molecular weight excluding hydrogens is 570 g/mol. The Kier molecular flexibility index (Phi) is 10.0. The lowest BCUT2D eigenvalue weighted by Gasteiger charge is -2.35. The molecule has 8 heteroatoms. The van der Waals surface area contributed by atoms with E-state index >= 15 is 0 Å². The molecule has 1 aliphatic carbocycles. The van der Waals surface area contributed by atoms with Gasteiger partial charge < -0.3 is 10.0 Å². The van der Waals surface area contributed by atoms with Crippen molar-refractivity contribution >= 4 is 5.97 Å². The van der Waals surface area contributed by atoms with Crippen LogP contribution in [0.2, 0.25) is 0 Å². The third-order valence-corrected chi connectivity index (χ3v) is 10.6. The highest BCUT2D eigenvalue weighted by molar-refractivity contribution is 5.74. The van der Waals surface area contributed by atoms with E-state index in [9.17, 15) is 18.7 Å². The number of hydrogen-bond acceptors (Lipinski definition) is 4. The molecule has 0 radical (unpaired) electrons. The molecule has 6 rings (SSSR count). The van der Waals surface area contributed by atoms with Gasteiger partial charge in [-0.25, -0.2) is 8.78 Å². The van der Waals surface area contributed by atoms with E-state index in [0.29, 0.717) is 29.7 Å². The molecule has 3 aliphatic rings. The first kappa shape index (κ1) is 31.9. The molecule has 3 heterocycles. The predicted molar refractivity (Wildman–Crippen MR) is 172 cm³/mol. The molecule has 0 spiro atoms. The molecule has 3 aromatic rings. The van der Waals surface area contributed by atoms with Gasteiger partial charge in [0.1, 0.15) is 17.7 Å². The normalized spacial score (nSPS) is 23.0. The molecule has 2 aliphatic heterocycles. The Morgan fingerprint density at radius 3 is 2.38 bits per heavy atom. The summed E-state index contributed by atoms with van der Waals surface area (Å²) in [6, 6.07) is 14.2. The first-order valence-corrected chi connectivity index (χ1v) is 17.0. The second kappa shape index (κ2) is 14.1. The number of halogens is 2. The summed E-state index contributed by atoms with van der Waals surface area (Å²) in [5.74, 6) is -0.428. The lowest BCUT2D eigenvalue weighted by molar-refractivity contribution is -0.145. The molecule has 2 saturated heterocycles. The number of nitrogens with zero attached hydrogens (tertiary/aromatic N) is 4. The summed E-state index contributed by atoms with van der Waals surface area (Å²) < 4.78 is 29.6. The van der Waals surface area contributed by atoms with E-state index in [4.69, 9.17) is 5.10 Å². The molecule has 1 saturated carbocycles. The fourth-order valence-electron chi connectivity index (χ4n) is 8.52. The van der Waals surface area contributed by atoms with E-state index in [0.717, 1.165) is 89.6 Å². The van der Waals surface area contributed by atoms with Crippen LogP contribution in [-0.2, 0) is 17.8 Å². The molecule has 3 fully saturated rings. The van der Waals surface area contributed by atoms with Crippen molar-refractivity contribution in [3.63, 3.8) is 0 Å². The second-order valence-corrected chi connectivity index (χ2v) is 13.8. The van der Waals surface area contributed by atoms with Gasteiger partial charge in [-0.3, -0.25) is 14.4 Å². The van der Waals surface area contributed by atoms with Crippen LogP contribution in [0.25, 0.3) is 0 Å². The lowest BCUT2D eigenvalue weighted by Crippen LogP contribution is -2.46. The van der Waals surface area contributed by atoms with Crippen molar-refractivity contribution in [2.24, 2.45) is 11.8 Å². The second-order valence-electron chi connectivity index (χ2n) is 13.8. The Bertz CT molecular complexity index is 1440. The van der Waals surface area contributed by atoms with E-state index in [1.165, 1.54) is 35.4 Å². The summed E-state index contributed by atoms with van der Waals surface area (Å²) in [5.41, 5.74) is 5.24. The fourth-order valence-corrected chi connectivity index (χ4v) is 8.52. The van der Waals surface area contributed by atoms with Crippen molar-refractivity contribution in [2.75, 3.05) is 32.7 Å². The fraction of sp³-hybridized carbons (Fsp3) is 0.568. The first-order valence-electron chi connectivity index (χ1n) is 17.0. The predicted octanol–water partition coefficient (Wildman–Crippen LogP) is 7.01. The molecule has 45 heavy (non-hydrogen) atoms. The Balaban J connectivity index is 1.13. The monoisotopic (exact) mass is 618 g/mol. The van der Waals surface area contributed by atoms with Crippen molar-refractivity contribution in [3.8, 4) is 0 Å². The standard InChI is InChI=1S/C37H48F2N4O2/c1-3-43-35(21-33(40-43)19-26-17-31(38)20-32(39)18-26)27-12-14-41(15-13-27)22-30-23-42(24-34(30)29-11-7-8-25(2)16-29)36(37(44)45)28-9-5-4-6-10-28/h7-8,11,16-18,20-21,27-28,30,34,36H,3-6,9-10,12-15,19,22-24H2,1-2H3,(H,44,45). The van der Waals surface area contributed by atoms with Crippen molar-refractivity contribution in [2.45, 2.75) is 89.6 Å². The van der Waals surface area contributed by atoms with Crippen molar-refractivity contribution in [1.82, 2.24) is 19.6 Å². The zero-order valence-electron chi connectivity index (χ0n) is 26.8. The zero-order chi connectivity index (χ0) is 31.5. The van der Waals surface area contributed by atoms with Gasteiger partial charge in [0.2, 0.25) is 0 Å². The van der Waals surface area contributed by atoms with Gasteiger partial charge in [-0.05, 0) is 93.8 Å². The molecule has 3 atom stereocenters. The summed E-state index contributed by atoms with van der Waals surface area (Å²) in [5, 5.41) is 15.2. The molecule has 2 aromatic carbocycles. The number of rotatable bonds is 10. The summed E-state index contributed by atoms with van der Waals surface area (Å²) in [4.78, 5) is 17.5. The van der Waals surface area contributed by atoms with Crippen molar-refractivity contribution in [1.29, 1.82) is 0 Å². The van der Waals surface area contributed by atoms with Crippen LogP contribution in [0.3, 0.4) is 0 Å². The lowest BCUT2D eigenvalue weighted by atomic mass is 9.83. The largest absolute Gasteiger partial charge is 0.480 e. The third kappa shape index (κ3) is 7.49. The minimum absolute atomic E-state index is 0.247. The molecule has 6 nitrogen and oxygen atoms in total. The zero-order valence-corrected chi connectivity index (χ0v) is 26.8. The van der Waals surface area contributed by atoms with Crippen LogP contribution in [0, 0.1) is 30.4 Å². The number of aromatic nitrogens is 2. The topological polar surface area (TPSA) is 61.6 Å². The van der Waals surface area contributed by atoms with Crippen LogP contribution >= 0.6 is 0 Å². The maximum atomic E-state index is 13.8. The molecule has 3 unspecified atom stereocenters. The van der Waals surface area contributed by atoms with Gasteiger partial charge in [0.25, 0.3) is 0 Å². The summed E-state index contributed by atoms with van der Waals surface area (Å²) in [7, 11) is 0. The SMILES string of the molecule is CCn1nc(Cc2cc(F)cc(F)c2)cc1C1CCN(CC2CN(C(C(=O)O)C3CCCCC3)CC2c2cccc(C)c2)CC1. The number of piperidine rings is 1. The number of likely N-dealkylation sites (tertiary alicyclic amines) is 2. The van der Waals surface area contributed by atoms with Gasteiger partial charge in [-0.2, -0.15) is 5.10 Å². The van der Waals surface area contributed by atoms with Gasteiger partial charge in [-0.1, -0.05) is 49.1 Å². The number of benzene rings is 2. The summed E-state index contributed by atoms with van der Waals surface area (Å²) >= 11 is 0. The van der Waals surface area contributed by atoms with Crippen LogP contribution in [0.4, 0.5) is 8.78 Å². The van der Waals surface area contributed by atoms with Crippen molar-refractivity contribution in [3.05, 3.63) is 88.2 Å². The number of carboxylic acid groups (broad SMARTS) is 1. The highest BCUT2D eigenvalue weighted by Crippen LogP contribution is 2.39. The van der Waals surface area contributed by atoms with E-state index < -0.39 is 17.6 Å². The van der Waals surface area contributed by atoms with E-state index in [1.54, 1.807) is 0 Å². The minimum atomic E-state index is -0.652. The van der Waals surface area contributed by atoms with Gasteiger partial charge >= 0.3 is 5.97 Å². The Morgan fingerprint density at radius 1 is 0.978 bits per heavy atom. The Hall–Kier alpha value is -3.10. The molecule has 0 amide bonds. The smallest absolute Gasteiger partial charge is 0.321 e. The van der Waals surface area contributed by atoms with Gasteiger partial charge in [-0.15, -0.1) is 0 Å².